The molecule has 8 nitrogen and oxygen atoms in total. The number of halogens is 1. The largest absolute Gasteiger partial charge is 0.477 e. The smallest absolute Gasteiger partial charge is 0.341 e. The van der Waals surface area contributed by atoms with E-state index in [4.69, 9.17) is 4.74 Å². The lowest BCUT2D eigenvalue weighted by atomic mass is 10.0. The highest BCUT2D eigenvalue weighted by Crippen LogP contribution is 2.38. The number of carboxylic acids is 1. The minimum atomic E-state index is -1.32. The van der Waals surface area contributed by atoms with Crippen molar-refractivity contribution in [3.63, 3.8) is 0 Å². The summed E-state index contributed by atoms with van der Waals surface area (Å²) in [6.07, 6.45) is 3.14. The summed E-state index contributed by atoms with van der Waals surface area (Å²) in [7, 11) is 0. The summed E-state index contributed by atoms with van der Waals surface area (Å²) < 4.78 is 23.0. The molecule has 9 heteroatoms. The summed E-state index contributed by atoms with van der Waals surface area (Å²) in [6.45, 7) is 2.07. The van der Waals surface area contributed by atoms with Crippen molar-refractivity contribution in [2.24, 2.45) is 0 Å². The van der Waals surface area contributed by atoms with Crippen LogP contribution in [0.15, 0.2) is 83.8 Å². The zero-order chi connectivity index (χ0) is 28.5. The molecule has 0 radical (unpaired) electrons. The number of piperazine rings is 1. The topological polar surface area (TPSA) is 92.1 Å². The third-order valence-electron chi connectivity index (χ3n) is 7.85. The number of hydrogen-bond donors (Lipinski definition) is 1. The lowest BCUT2D eigenvalue weighted by Gasteiger charge is -2.39. The maximum absolute atomic E-state index is 15.5. The first-order valence-electron chi connectivity index (χ1n) is 13.8. The maximum Gasteiger partial charge on any atom is 0.341 e. The molecule has 1 N–H and O–H groups in total. The predicted octanol–water partition coefficient (Wildman–Crippen LogP) is 4.78. The highest BCUT2D eigenvalue weighted by atomic mass is 19.1. The van der Waals surface area contributed by atoms with Crippen LogP contribution in [-0.2, 0) is 16.1 Å². The fourth-order valence-electron chi connectivity index (χ4n) is 5.57. The molecule has 1 saturated heterocycles. The van der Waals surface area contributed by atoms with E-state index in [1.807, 2.05) is 65.6 Å². The molecule has 1 aliphatic heterocycles. The molecule has 41 heavy (non-hydrogen) atoms. The quantitative estimate of drug-likeness (QED) is 0.313. The molecule has 2 heterocycles. The van der Waals surface area contributed by atoms with Crippen LogP contribution >= 0.6 is 0 Å². The molecule has 4 aromatic rings. The standard InChI is InChI=1S/C32H30FN3O5/c33-26-17-24-27(36(23-11-12-23)19-25(30(24)37)31(38)39)18-28(26)34-13-15-35(16-14-34)29(22-9-5-2-6-10-22)32(40)41-20-21-7-3-1-4-8-21/h1-10,17-19,23,29H,11-16,20H2,(H,38,39). The molecular formula is C32H30FN3O5. The van der Waals surface area contributed by atoms with Crippen molar-refractivity contribution >= 4 is 28.5 Å². The summed E-state index contributed by atoms with van der Waals surface area (Å²) in [4.78, 5) is 41.8. The van der Waals surface area contributed by atoms with Crippen LogP contribution < -0.4 is 10.3 Å². The predicted molar refractivity (Wildman–Crippen MR) is 153 cm³/mol. The number of benzene rings is 3. The summed E-state index contributed by atoms with van der Waals surface area (Å²) >= 11 is 0. The number of carbonyl (C=O) groups excluding carboxylic acids is 1. The van der Waals surface area contributed by atoms with Crippen molar-refractivity contribution in [2.45, 2.75) is 31.5 Å². The molecule has 2 aliphatic rings. The van der Waals surface area contributed by atoms with Gasteiger partial charge in [0.05, 0.1) is 11.2 Å². The highest BCUT2D eigenvalue weighted by Gasteiger charge is 2.33. The van der Waals surface area contributed by atoms with Gasteiger partial charge in [0.25, 0.3) is 0 Å². The average molecular weight is 556 g/mol. The van der Waals surface area contributed by atoms with Crippen LogP contribution in [0.5, 0.6) is 0 Å². The molecule has 0 bridgehead atoms. The second kappa shape index (κ2) is 11.2. The Kier molecular flexibility index (Phi) is 7.28. The first-order valence-corrected chi connectivity index (χ1v) is 13.8. The van der Waals surface area contributed by atoms with Crippen LogP contribution in [-0.4, -0.2) is 52.7 Å². The molecule has 3 aromatic carbocycles. The van der Waals surface area contributed by atoms with Crippen molar-refractivity contribution in [3.8, 4) is 0 Å². The molecule has 1 saturated carbocycles. The van der Waals surface area contributed by atoms with Crippen LogP contribution in [0.2, 0.25) is 0 Å². The van der Waals surface area contributed by atoms with Crippen LogP contribution in [0.1, 0.15) is 46.4 Å². The van der Waals surface area contributed by atoms with E-state index < -0.39 is 23.3 Å². The molecule has 1 aliphatic carbocycles. The summed E-state index contributed by atoms with van der Waals surface area (Å²) in [6, 6.07) is 21.4. The number of esters is 1. The Morgan fingerprint density at radius 3 is 2.24 bits per heavy atom. The van der Waals surface area contributed by atoms with Crippen molar-refractivity contribution in [1.29, 1.82) is 0 Å². The molecule has 210 valence electrons. The van der Waals surface area contributed by atoms with Gasteiger partial charge in [0, 0.05) is 43.8 Å². The molecule has 0 amide bonds. The number of pyridine rings is 1. The van der Waals surface area contributed by atoms with Crippen LogP contribution in [0.3, 0.4) is 0 Å². The summed E-state index contributed by atoms with van der Waals surface area (Å²) in [5, 5.41) is 9.58. The van der Waals surface area contributed by atoms with Gasteiger partial charge in [-0.3, -0.25) is 9.69 Å². The first-order chi connectivity index (χ1) is 19.9. The van der Waals surface area contributed by atoms with E-state index in [-0.39, 0.29) is 29.6 Å². The van der Waals surface area contributed by atoms with Crippen molar-refractivity contribution in [3.05, 3.63) is 112 Å². The van der Waals surface area contributed by atoms with Crippen LogP contribution in [0.25, 0.3) is 10.9 Å². The van der Waals surface area contributed by atoms with E-state index in [0.717, 1.165) is 24.0 Å². The Morgan fingerprint density at radius 1 is 0.951 bits per heavy atom. The van der Waals surface area contributed by atoms with Gasteiger partial charge in [-0.15, -0.1) is 0 Å². The fourth-order valence-corrected chi connectivity index (χ4v) is 5.57. The van der Waals surface area contributed by atoms with Gasteiger partial charge in [-0.2, -0.15) is 0 Å². The second-order valence-corrected chi connectivity index (χ2v) is 10.6. The van der Waals surface area contributed by atoms with Crippen molar-refractivity contribution < 1.29 is 23.8 Å². The SMILES string of the molecule is O=C(O)c1cn(C2CC2)c2cc(N3CCN(C(C(=O)OCc4ccccc4)c4ccccc4)CC3)c(F)cc2c1=O. The van der Waals surface area contributed by atoms with E-state index in [2.05, 4.69) is 4.90 Å². The zero-order valence-electron chi connectivity index (χ0n) is 22.4. The van der Waals surface area contributed by atoms with Gasteiger partial charge >= 0.3 is 11.9 Å². The average Bonchev–Trinajstić information content (AvgIpc) is 3.83. The minimum Gasteiger partial charge on any atom is -0.477 e. The number of rotatable bonds is 8. The fraction of sp³-hybridized carbons (Fsp3) is 0.281. The Labute approximate surface area is 236 Å². The van der Waals surface area contributed by atoms with Gasteiger partial charge in [0.1, 0.15) is 24.0 Å². The summed E-state index contributed by atoms with van der Waals surface area (Å²) in [5.74, 6) is -2.23. The Hall–Kier alpha value is -4.50. The van der Waals surface area contributed by atoms with E-state index in [1.165, 1.54) is 12.3 Å². The summed E-state index contributed by atoms with van der Waals surface area (Å²) in [5.41, 5.74) is 1.60. The second-order valence-electron chi connectivity index (χ2n) is 10.6. The molecule has 1 unspecified atom stereocenters. The van der Waals surface area contributed by atoms with Gasteiger partial charge < -0.3 is 19.3 Å². The van der Waals surface area contributed by atoms with Gasteiger partial charge in [-0.25, -0.2) is 14.0 Å². The number of aromatic nitrogens is 1. The molecule has 2 fully saturated rings. The highest BCUT2D eigenvalue weighted by molar-refractivity contribution is 5.93. The van der Waals surface area contributed by atoms with E-state index in [9.17, 15) is 19.5 Å². The van der Waals surface area contributed by atoms with Gasteiger partial charge in [-0.05, 0) is 36.1 Å². The molecule has 1 atom stereocenters. The van der Waals surface area contributed by atoms with Crippen molar-refractivity contribution in [1.82, 2.24) is 9.47 Å². The van der Waals surface area contributed by atoms with Gasteiger partial charge in [0.2, 0.25) is 5.43 Å². The molecular weight excluding hydrogens is 525 g/mol. The third kappa shape index (κ3) is 5.45. The Bertz CT molecular complexity index is 1650. The number of carbonyl (C=O) groups is 2. The van der Waals surface area contributed by atoms with Gasteiger partial charge in [-0.1, -0.05) is 60.7 Å². The zero-order valence-corrected chi connectivity index (χ0v) is 22.4. The monoisotopic (exact) mass is 555 g/mol. The third-order valence-corrected chi connectivity index (χ3v) is 7.85. The number of carboxylic acid groups (broad SMARTS) is 1. The number of aromatic carboxylic acids is 1. The van der Waals surface area contributed by atoms with Gasteiger partial charge in [0.15, 0.2) is 0 Å². The van der Waals surface area contributed by atoms with Crippen LogP contribution in [0.4, 0.5) is 10.1 Å². The van der Waals surface area contributed by atoms with E-state index in [1.54, 1.807) is 10.6 Å². The number of fused-ring (bicyclic) bond motifs is 1. The molecule has 1 aromatic heterocycles. The molecule has 6 rings (SSSR count). The number of hydrogen-bond acceptors (Lipinski definition) is 6. The molecule has 0 spiro atoms. The van der Waals surface area contributed by atoms with Crippen LogP contribution in [0, 0.1) is 5.82 Å². The number of ether oxygens (including phenoxy) is 1. The number of anilines is 1. The van der Waals surface area contributed by atoms with E-state index >= 15 is 4.39 Å². The van der Waals surface area contributed by atoms with E-state index in [0.29, 0.717) is 37.4 Å². The normalized spacial score (nSPS) is 16.5. The lowest BCUT2D eigenvalue weighted by Crippen LogP contribution is -2.49. The Morgan fingerprint density at radius 2 is 1.61 bits per heavy atom. The lowest BCUT2D eigenvalue weighted by molar-refractivity contribution is -0.152. The Balaban J connectivity index is 1.24. The first kappa shape index (κ1) is 26.7. The number of nitrogens with zero attached hydrogens (tertiary/aromatic N) is 3. The maximum atomic E-state index is 15.5. The van der Waals surface area contributed by atoms with Crippen molar-refractivity contribution in [2.75, 3.05) is 31.1 Å². The minimum absolute atomic E-state index is 0.0713.